The third kappa shape index (κ3) is 1.75. The van der Waals surface area contributed by atoms with Gasteiger partial charge in [0.1, 0.15) is 0 Å². The lowest BCUT2D eigenvalue weighted by atomic mass is 9.96. The Morgan fingerprint density at radius 1 is 1.25 bits per heavy atom. The first-order chi connectivity index (χ1) is 5.54. The van der Waals surface area contributed by atoms with E-state index in [0.717, 1.165) is 18.8 Å². The van der Waals surface area contributed by atoms with Crippen molar-refractivity contribution in [2.75, 3.05) is 0 Å². The van der Waals surface area contributed by atoms with Crippen LogP contribution in [0.2, 0.25) is 0 Å². The normalized spacial score (nSPS) is 40.6. The Bertz CT molecular complexity index is 277. The van der Waals surface area contributed by atoms with E-state index >= 15 is 0 Å². The van der Waals surface area contributed by atoms with E-state index in [2.05, 4.69) is 4.72 Å². The first-order valence-corrected chi connectivity index (χ1v) is 6.57. The zero-order chi connectivity index (χ0) is 8.77. The van der Waals surface area contributed by atoms with Crippen LogP contribution in [-0.4, -0.2) is 14.5 Å². The molecule has 2 saturated carbocycles. The largest absolute Gasteiger partial charge is 0.297 e. The molecule has 1 N–H and O–H groups in total. The van der Waals surface area contributed by atoms with Crippen LogP contribution in [0.25, 0.3) is 0 Å². The zero-order valence-corrected chi connectivity index (χ0v) is 8.24. The molecule has 2 aliphatic rings. The molecule has 5 heteroatoms. The number of nitrogens with one attached hydrogen (secondary N) is 1. The van der Waals surface area contributed by atoms with Gasteiger partial charge >= 0.3 is 0 Å². The van der Waals surface area contributed by atoms with Crippen molar-refractivity contribution in [2.45, 2.75) is 31.7 Å². The van der Waals surface area contributed by atoms with Crippen LogP contribution < -0.4 is 4.72 Å². The molecule has 2 fully saturated rings. The van der Waals surface area contributed by atoms with Crippen LogP contribution >= 0.6 is 10.7 Å². The Morgan fingerprint density at radius 2 is 2.00 bits per heavy atom. The minimum atomic E-state index is -3.51. The molecule has 0 aromatic heterocycles. The fourth-order valence-corrected chi connectivity index (χ4v) is 3.56. The second-order valence-corrected chi connectivity index (χ2v) is 6.17. The molecule has 0 aliphatic heterocycles. The van der Waals surface area contributed by atoms with E-state index in [1.54, 1.807) is 0 Å². The van der Waals surface area contributed by atoms with E-state index in [0.29, 0.717) is 5.92 Å². The van der Waals surface area contributed by atoms with Gasteiger partial charge in [-0.25, -0.2) is 0 Å². The van der Waals surface area contributed by atoms with Crippen molar-refractivity contribution in [3.63, 3.8) is 0 Å². The maximum atomic E-state index is 10.7. The minimum Gasteiger partial charge on any atom is -0.199 e. The molecule has 0 heterocycles. The highest BCUT2D eigenvalue weighted by Gasteiger charge is 2.40. The van der Waals surface area contributed by atoms with Crippen LogP contribution in [0.3, 0.4) is 0 Å². The lowest BCUT2D eigenvalue weighted by Gasteiger charge is -2.20. The van der Waals surface area contributed by atoms with Gasteiger partial charge in [-0.15, -0.1) is 0 Å². The van der Waals surface area contributed by atoms with Gasteiger partial charge < -0.3 is 0 Å². The Morgan fingerprint density at radius 3 is 2.42 bits per heavy atom. The summed E-state index contributed by atoms with van der Waals surface area (Å²) in [7, 11) is 1.60. The van der Waals surface area contributed by atoms with Crippen LogP contribution in [0.4, 0.5) is 0 Å². The van der Waals surface area contributed by atoms with Gasteiger partial charge in [-0.05, 0) is 31.1 Å². The van der Waals surface area contributed by atoms with E-state index in [4.69, 9.17) is 10.7 Å². The fourth-order valence-electron chi connectivity index (χ4n) is 2.57. The average Bonchev–Trinajstić information content (AvgIpc) is 2.42. The second-order valence-electron chi connectivity index (χ2n) is 3.84. The van der Waals surface area contributed by atoms with Crippen LogP contribution in [0.15, 0.2) is 0 Å². The molecule has 0 amide bonds. The molecule has 12 heavy (non-hydrogen) atoms. The predicted octanol–water partition coefficient (Wildman–Crippen LogP) is 1.25. The molecule has 0 spiro atoms. The molecule has 3 atom stereocenters. The van der Waals surface area contributed by atoms with Gasteiger partial charge in [0.05, 0.1) is 0 Å². The van der Waals surface area contributed by atoms with Gasteiger partial charge in [-0.2, -0.15) is 13.1 Å². The lowest BCUT2D eigenvalue weighted by molar-refractivity contribution is 0.392. The van der Waals surface area contributed by atoms with Crippen molar-refractivity contribution in [2.24, 2.45) is 11.8 Å². The van der Waals surface area contributed by atoms with E-state index in [1.165, 1.54) is 12.8 Å². The first-order valence-electron chi connectivity index (χ1n) is 4.26. The summed E-state index contributed by atoms with van der Waals surface area (Å²) in [5.74, 6) is 1.29. The lowest BCUT2D eigenvalue weighted by Crippen LogP contribution is -2.35. The van der Waals surface area contributed by atoms with Crippen LogP contribution in [0.5, 0.6) is 0 Å². The topological polar surface area (TPSA) is 46.2 Å². The quantitative estimate of drug-likeness (QED) is 0.696. The Kier molecular flexibility index (Phi) is 2.09. The molecule has 3 nitrogen and oxygen atoms in total. The van der Waals surface area contributed by atoms with Gasteiger partial charge in [-0.1, -0.05) is 6.42 Å². The van der Waals surface area contributed by atoms with Crippen molar-refractivity contribution in [1.82, 2.24) is 4.72 Å². The van der Waals surface area contributed by atoms with Crippen molar-refractivity contribution in [1.29, 1.82) is 0 Å². The number of hydrogen-bond donors (Lipinski definition) is 1. The highest BCUT2D eigenvalue weighted by Crippen LogP contribution is 2.44. The van der Waals surface area contributed by atoms with Gasteiger partial charge in [0.15, 0.2) is 0 Å². The summed E-state index contributed by atoms with van der Waals surface area (Å²) in [5.41, 5.74) is 0. The van der Waals surface area contributed by atoms with E-state index in [-0.39, 0.29) is 6.04 Å². The zero-order valence-electron chi connectivity index (χ0n) is 6.66. The van der Waals surface area contributed by atoms with Crippen LogP contribution in [0, 0.1) is 11.8 Å². The summed E-state index contributed by atoms with van der Waals surface area (Å²) < 4.78 is 23.9. The molecule has 2 rings (SSSR count). The molecule has 0 aromatic carbocycles. The van der Waals surface area contributed by atoms with E-state index < -0.39 is 9.24 Å². The molecular formula is C7H12ClNO2S. The van der Waals surface area contributed by atoms with E-state index in [9.17, 15) is 8.42 Å². The third-order valence-electron chi connectivity index (χ3n) is 3.03. The molecule has 0 radical (unpaired) electrons. The van der Waals surface area contributed by atoms with E-state index in [1.807, 2.05) is 0 Å². The highest BCUT2D eigenvalue weighted by molar-refractivity contribution is 8.12. The Labute approximate surface area is 77.0 Å². The molecule has 2 aliphatic carbocycles. The number of hydrogen-bond acceptors (Lipinski definition) is 2. The van der Waals surface area contributed by atoms with Crippen LogP contribution in [0.1, 0.15) is 25.7 Å². The fraction of sp³-hybridized carbons (Fsp3) is 1.00. The van der Waals surface area contributed by atoms with Crippen molar-refractivity contribution >= 4 is 19.9 Å². The number of fused-ring (bicyclic) bond motifs is 2. The number of rotatable bonds is 2. The van der Waals surface area contributed by atoms with Gasteiger partial charge in [0.25, 0.3) is 9.24 Å². The van der Waals surface area contributed by atoms with Crippen LogP contribution in [-0.2, 0) is 9.24 Å². The maximum Gasteiger partial charge on any atom is 0.297 e. The summed E-state index contributed by atoms with van der Waals surface area (Å²) in [6.45, 7) is 0. The summed E-state index contributed by atoms with van der Waals surface area (Å²) in [6.07, 6.45) is 4.60. The summed E-state index contributed by atoms with van der Waals surface area (Å²) >= 11 is 0. The molecule has 0 unspecified atom stereocenters. The second kappa shape index (κ2) is 2.86. The van der Waals surface area contributed by atoms with Crippen molar-refractivity contribution in [3.05, 3.63) is 0 Å². The van der Waals surface area contributed by atoms with Crippen molar-refractivity contribution < 1.29 is 8.42 Å². The minimum absolute atomic E-state index is 0.117. The highest BCUT2D eigenvalue weighted by atomic mass is 35.7. The Hall–Kier alpha value is 0.200. The van der Waals surface area contributed by atoms with Gasteiger partial charge in [0.2, 0.25) is 0 Å². The standard InChI is InChI=1S/C7H12ClNO2S/c8-12(10,11)9-7-4-5-1-2-6(7)3-5/h5-7,9H,1-4H2/t5-,6+,7+/m0/s1. The summed E-state index contributed by atoms with van der Waals surface area (Å²) in [4.78, 5) is 0. The molecule has 0 aromatic rings. The Balaban J connectivity index is 2.00. The first kappa shape index (κ1) is 8.78. The number of halogens is 1. The van der Waals surface area contributed by atoms with Gasteiger partial charge in [0, 0.05) is 16.7 Å². The van der Waals surface area contributed by atoms with Crippen molar-refractivity contribution in [3.8, 4) is 0 Å². The SMILES string of the molecule is O=S(=O)(Cl)N[C@@H]1C[C@H]2CC[C@@H]1C2. The maximum absolute atomic E-state index is 10.7. The summed E-state index contributed by atoms with van der Waals surface area (Å²) in [6, 6.07) is 0.117. The summed E-state index contributed by atoms with van der Waals surface area (Å²) in [5, 5.41) is 0. The average molecular weight is 210 g/mol. The molecular weight excluding hydrogens is 198 g/mol. The molecule has 70 valence electrons. The van der Waals surface area contributed by atoms with Gasteiger partial charge in [-0.3, -0.25) is 0 Å². The molecule has 2 bridgehead atoms. The predicted molar refractivity (Wildman–Crippen MR) is 47.1 cm³/mol. The molecule has 0 saturated heterocycles. The smallest absolute Gasteiger partial charge is 0.199 e. The monoisotopic (exact) mass is 209 g/mol. The third-order valence-corrected chi connectivity index (χ3v) is 3.88.